The van der Waals surface area contributed by atoms with Crippen LogP contribution in [0.5, 0.6) is 11.5 Å². The molecule has 1 aliphatic heterocycles. The molecule has 1 aromatic rings. The number of ether oxygens (including phenoxy) is 2. The summed E-state index contributed by atoms with van der Waals surface area (Å²) in [5, 5.41) is 12.1. The van der Waals surface area contributed by atoms with E-state index in [0.29, 0.717) is 24.7 Å². The normalized spacial score (nSPS) is 13.7. The molecular formula is C11H12N2O4. The van der Waals surface area contributed by atoms with Gasteiger partial charge in [-0.15, -0.1) is 0 Å². The Balaban J connectivity index is 2.04. The number of nitrogens with one attached hydrogen (secondary N) is 1. The summed E-state index contributed by atoms with van der Waals surface area (Å²) in [6, 6.07) is 5.34. The second kappa shape index (κ2) is 5.31. The summed E-state index contributed by atoms with van der Waals surface area (Å²) < 4.78 is 10.8. The van der Waals surface area contributed by atoms with Crippen molar-refractivity contribution >= 4 is 12.1 Å². The maximum absolute atomic E-state index is 10.7. The highest BCUT2D eigenvalue weighted by molar-refractivity contribution is 5.83. The quantitative estimate of drug-likeness (QED) is 0.567. The maximum Gasteiger partial charge on any atom is 0.265 e. The molecule has 6 heteroatoms. The lowest BCUT2D eigenvalue weighted by Crippen LogP contribution is -2.20. The molecule has 0 bridgehead atoms. The molecule has 90 valence electrons. The Labute approximate surface area is 97.8 Å². The molecule has 0 saturated heterocycles. The van der Waals surface area contributed by atoms with Crippen LogP contribution in [-0.4, -0.2) is 37.0 Å². The van der Waals surface area contributed by atoms with E-state index in [-0.39, 0.29) is 0 Å². The van der Waals surface area contributed by atoms with Crippen LogP contribution in [-0.2, 0) is 4.79 Å². The number of aliphatic hydroxyl groups excluding tert-OH is 1. The van der Waals surface area contributed by atoms with E-state index in [1.807, 2.05) is 0 Å². The molecule has 0 aromatic heterocycles. The largest absolute Gasteiger partial charge is 0.486 e. The minimum atomic E-state index is -0.585. The van der Waals surface area contributed by atoms with Crippen LogP contribution in [0, 0.1) is 0 Å². The molecule has 0 radical (unpaired) electrons. The van der Waals surface area contributed by atoms with E-state index in [1.54, 1.807) is 18.2 Å². The predicted octanol–water partition coefficient (Wildman–Crippen LogP) is -0.0998. The number of hydrogen-bond donors (Lipinski definition) is 2. The second-order valence-electron chi connectivity index (χ2n) is 3.35. The van der Waals surface area contributed by atoms with Crippen molar-refractivity contribution in [1.82, 2.24) is 5.43 Å². The number of carbonyl (C=O) groups excluding carboxylic acids is 1. The molecular weight excluding hydrogens is 224 g/mol. The topological polar surface area (TPSA) is 80.2 Å². The molecule has 0 atom stereocenters. The van der Waals surface area contributed by atoms with E-state index in [4.69, 9.17) is 14.6 Å². The number of carbonyl (C=O) groups is 1. The van der Waals surface area contributed by atoms with Crippen LogP contribution >= 0.6 is 0 Å². The summed E-state index contributed by atoms with van der Waals surface area (Å²) in [5.41, 5.74) is 2.94. The van der Waals surface area contributed by atoms with Gasteiger partial charge in [0.1, 0.15) is 19.8 Å². The van der Waals surface area contributed by atoms with Gasteiger partial charge in [0.15, 0.2) is 11.5 Å². The lowest BCUT2D eigenvalue weighted by atomic mass is 10.2. The van der Waals surface area contributed by atoms with Crippen LogP contribution < -0.4 is 14.9 Å². The van der Waals surface area contributed by atoms with Crippen molar-refractivity contribution in [3.05, 3.63) is 23.8 Å². The van der Waals surface area contributed by atoms with Gasteiger partial charge in [-0.2, -0.15) is 5.10 Å². The van der Waals surface area contributed by atoms with E-state index in [2.05, 4.69) is 10.5 Å². The first kappa shape index (κ1) is 11.4. The Bertz CT molecular complexity index is 445. The van der Waals surface area contributed by atoms with Crippen LogP contribution in [0.2, 0.25) is 0 Å². The molecule has 0 spiro atoms. The Hall–Kier alpha value is -2.08. The minimum Gasteiger partial charge on any atom is -0.486 e. The average Bonchev–Trinajstić information content (AvgIpc) is 2.38. The van der Waals surface area contributed by atoms with Gasteiger partial charge in [0.2, 0.25) is 0 Å². The zero-order chi connectivity index (χ0) is 12.1. The van der Waals surface area contributed by atoms with E-state index < -0.39 is 12.5 Å². The van der Waals surface area contributed by atoms with Crippen molar-refractivity contribution in [2.24, 2.45) is 5.10 Å². The standard InChI is InChI=1S/C11H12N2O4/c14-7-11(15)13-12-6-8-1-2-9-10(5-8)17-4-3-16-9/h1-2,5-6,14H,3-4,7H2,(H,13,15)/b12-6-. The molecule has 6 nitrogen and oxygen atoms in total. The van der Waals surface area contributed by atoms with Crippen molar-refractivity contribution < 1.29 is 19.4 Å². The van der Waals surface area contributed by atoms with Gasteiger partial charge in [-0.1, -0.05) is 0 Å². The summed E-state index contributed by atoms with van der Waals surface area (Å²) in [6.07, 6.45) is 1.46. The van der Waals surface area contributed by atoms with Gasteiger partial charge in [0.05, 0.1) is 6.21 Å². The van der Waals surface area contributed by atoms with Crippen LogP contribution in [0.15, 0.2) is 23.3 Å². The summed E-state index contributed by atoms with van der Waals surface area (Å²) >= 11 is 0. The zero-order valence-electron chi connectivity index (χ0n) is 9.05. The maximum atomic E-state index is 10.7. The molecule has 2 N–H and O–H groups in total. The number of hydrazone groups is 1. The number of nitrogens with zero attached hydrogens (tertiary/aromatic N) is 1. The molecule has 0 fully saturated rings. The van der Waals surface area contributed by atoms with Gasteiger partial charge in [-0.05, 0) is 23.8 Å². The van der Waals surface area contributed by atoms with Gasteiger partial charge >= 0.3 is 0 Å². The van der Waals surface area contributed by atoms with E-state index in [0.717, 1.165) is 5.56 Å². The highest BCUT2D eigenvalue weighted by atomic mass is 16.6. The van der Waals surface area contributed by atoms with Gasteiger partial charge < -0.3 is 14.6 Å². The average molecular weight is 236 g/mol. The SMILES string of the molecule is O=C(CO)N/N=C\c1ccc2c(c1)OCCO2. The Morgan fingerprint density at radius 2 is 2.18 bits per heavy atom. The van der Waals surface area contributed by atoms with Gasteiger partial charge in [0.25, 0.3) is 5.91 Å². The fourth-order valence-electron chi connectivity index (χ4n) is 1.35. The van der Waals surface area contributed by atoms with E-state index in [1.165, 1.54) is 6.21 Å². The fourth-order valence-corrected chi connectivity index (χ4v) is 1.35. The van der Waals surface area contributed by atoms with Gasteiger partial charge in [-0.25, -0.2) is 5.43 Å². The van der Waals surface area contributed by atoms with Crippen molar-refractivity contribution in [3.63, 3.8) is 0 Å². The minimum absolute atomic E-state index is 0.523. The number of fused-ring (bicyclic) bond motifs is 1. The van der Waals surface area contributed by atoms with Crippen molar-refractivity contribution in [2.75, 3.05) is 19.8 Å². The lowest BCUT2D eigenvalue weighted by molar-refractivity contribution is -0.123. The van der Waals surface area contributed by atoms with Crippen LogP contribution in [0.1, 0.15) is 5.56 Å². The first-order chi connectivity index (χ1) is 8.29. The van der Waals surface area contributed by atoms with E-state index in [9.17, 15) is 4.79 Å². The second-order valence-corrected chi connectivity index (χ2v) is 3.35. The summed E-state index contributed by atoms with van der Waals surface area (Å²) in [4.78, 5) is 10.7. The first-order valence-corrected chi connectivity index (χ1v) is 5.12. The van der Waals surface area contributed by atoms with E-state index >= 15 is 0 Å². The molecule has 1 aromatic carbocycles. The monoisotopic (exact) mass is 236 g/mol. The Morgan fingerprint density at radius 3 is 2.94 bits per heavy atom. The number of hydrogen-bond acceptors (Lipinski definition) is 5. The third kappa shape index (κ3) is 2.94. The molecule has 2 rings (SSSR count). The third-order valence-corrected chi connectivity index (χ3v) is 2.11. The van der Waals surface area contributed by atoms with Crippen molar-refractivity contribution in [1.29, 1.82) is 0 Å². The molecule has 17 heavy (non-hydrogen) atoms. The predicted molar refractivity (Wildman–Crippen MR) is 60.3 cm³/mol. The molecule has 1 heterocycles. The number of amides is 1. The molecule has 1 aliphatic rings. The van der Waals surface area contributed by atoms with Crippen LogP contribution in [0.4, 0.5) is 0 Å². The Kier molecular flexibility index (Phi) is 3.56. The molecule has 0 unspecified atom stereocenters. The smallest absolute Gasteiger partial charge is 0.265 e. The first-order valence-electron chi connectivity index (χ1n) is 5.12. The van der Waals surface area contributed by atoms with Crippen molar-refractivity contribution in [2.45, 2.75) is 0 Å². The van der Waals surface area contributed by atoms with Gasteiger partial charge in [0, 0.05) is 0 Å². The number of aliphatic hydroxyl groups is 1. The lowest BCUT2D eigenvalue weighted by Gasteiger charge is -2.18. The summed E-state index contributed by atoms with van der Waals surface area (Å²) in [5.74, 6) is 0.806. The van der Waals surface area contributed by atoms with Crippen molar-refractivity contribution in [3.8, 4) is 11.5 Å². The molecule has 1 amide bonds. The molecule has 0 aliphatic carbocycles. The number of rotatable bonds is 3. The van der Waals surface area contributed by atoms with Crippen LogP contribution in [0.25, 0.3) is 0 Å². The highest BCUT2D eigenvalue weighted by Gasteiger charge is 2.10. The fraction of sp³-hybridized carbons (Fsp3) is 0.273. The number of benzene rings is 1. The zero-order valence-corrected chi connectivity index (χ0v) is 9.05. The Morgan fingerprint density at radius 1 is 1.41 bits per heavy atom. The third-order valence-electron chi connectivity index (χ3n) is 2.11. The summed E-state index contributed by atoms with van der Waals surface area (Å²) in [7, 11) is 0. The summed E-state index contributed by atoms with van der Waals surface area (Å²) in [6.45, 7) is 0.486. The molecule has 0 saturated carbocycles. The highest BCUT2D eigenvalue weighted by Crippen LogP contribution is 2.30. The van der Waals surface area contributed by atoms with Gasteiger partial charge in [-0.3, -0.25) is 4.79 Å². The van der Waals surface area contributed by atoms with Crippen LogP contribution in [0.3, 0.4) is 0 Å².